The molecule has 0 heterocycles. The third-order valence-corrected chi connectivity index (χ3v) is 3.75. The van der Waals surface area contributed by atoms with Crippen LogP contribution in [0.2, 0.25) is 0 Å². The molecule has 0 aliphatic rings. The highest BCUT2D eigenvalue weighted by atomic mass is 32.2. The fraction of sp³-hybridized carbons (Fsp3) is 0.588. The number of nitrogens with one attached hydrogen (secondary N) is 2. The Morgan fingerprint density at radius 2 is 1.88 bits per heavy atom. The van der Waals surface area contributed by atoms with Crippen LogP contribution >= 0.6 is 0 Å². The average Bonchev–Trinajstić information content (AvgIpc) is 2.36. The molecule has 0 fully saturated rings. The molecular formula is C17H28N2O4S. The minimum atomic E-state index is -3.37. The van der Waals surface area contributed by atoms with Crippen molar-refractivity contribution in [3.63, 3.8) is 0 Å². The first-order valence-electron chi connectivity index (χ1n) is 7.95. The van der Waals surface area contributed by atoms with E-state index in [1.165, 1.54) is 0 Å². The molecule has 0 aromatic heterocycles. The lowest BCUT2D eigenvalue weighted by Crippen LogP contribution is -2.33. The summed E-state index contributed by atoms with van der Waals surface area (Å²) in [5.74, 6) is 0.291. The first-order valence-corrected chi connectivity index (χ1v) is 9.84. The summed E-state index contributed by atoms with van der Waals surface area (Å²) in [6.07, 6.45) is 1.13. The van der Waals surface area contributed by atoms with Crippen LogP contribution in [-0.4, -0.2) is 32.9 Å². The molecule has 1 amide bonds. The maximum atomic E-state index is 11.7. The fourth-order valence-corrected chi connectivity index (χ4v) is 2.67. The summed E-state index contributed by atoms with van der Waals surface area (Å²) in [5.41, 5.74) is 1.87. The molecule has 7 heteroatoms. The standard InChI is InChI=1S/C17H28N2O4S/c1-12(2)14-8-7-13(15(11-14)19-24(6,21)22)9-10-18-16(20)23-17(3,4)5/h7-8,11-12,19H,9-10H2,1-6H3,(H,18,20). The van der Waals surface area contributed by atoms with Crippen molar-refractivity contribution in [1.29, 1.82) is 0 Å². The summed E-state index contributed by atoms with van der Waals surface area (Å²) in [6.45, 7) is 9.84. The van der Waals surface area contributed by atoms with Gasteiger partial charge in [-0.2, -0.15) is 0 Å². The van der Waals surface area contributed by atoms with E-state index in [-0.39, 0.29) is 0 Å². The molecule has 0 spiro atoms. The molecule has 0 saturated carbocycles. The van der Waals surface area contributed by atoms with E-state index >= 15 is 0 Å². The molecule has 1 aromatic carbocycles. The molecule has 0 bridgehead atoms. The van der Waals surface area contributed by atoms with Crippen molar-refractivity contribution in [3.05, 3.63) is 29.3 Å². The smallest absolute Gasteiger partial charge is 0.407 e. The maximum Gasteiger partial charge on any atom is 0.407 e. The van der Waals surface area contributed by atoms with E-state index < -0.39 is 21.7 Å². The number of rotatable bonds is 6. The molecule has 0 radical (unpaired) electrons. The van der Waals surface area contributed by atoms with Gasteiger partial charge in [0, 0.05) is 6.54 Å². The molecule has 1 rings (SSSR count). The summed E-state index contributed by atoms with van der Waals surface area (Å²) < 4.78 is 30.9. The van der Waals surface area contributed by atoms with Gasteiger partial charge < -0.3 is 10.1 Å². The number of alkyl carbamates (subject to hydrolysis) is 1. The first kappa shape index (κ1) is 20.3. The summed E-state index contributed by atoms with van der Waals surface area (Å²) in [7, 11) is -3.37. The Balaban J connectivity index is 2.81. The Morgan fingerprint density at radius 3 is 2.38 bits per heavy atom. The van der Waals surface area contributed by atoms with Crippen LogP contribution in [0.1, 0.15) is 51.7 Å². The number of anilines is 1. The van der Waals surface area contributed by atoms with Crippen molar-refractivity contribution in [2.75, 3.05) is 17.5 Å². The Morgan fingerprint density at radius 1 is 1.25 bits per heavy atom. The van der Waals surface area contributed by atoms with Crippen LogP contribution in [0.25, 0.3) is 0 Å². The summed E-state index contributed by atoms with van der Waals surface area (Å²) in [6, 6.07) is 5.70. The van der Waals surface area contributed by atoms with Crippen LogP contribution in [0.15, 0.2) is 18.2 Å². The monoisotopic (exact) mass is 356 g/mol. The van der Waals surface area contributed by atoms with Gasteiger partial charge in [0.2, 0.25) is 10.0 Å². The zero-order chi connectivity index (χ0) is 18.5. The predicted molar refractivity (Wildman–Crippen MR) is 96.9 cm³/mol. The molecule has 0 saturated heterocycles. The van der Waals surface area contributed by atoms with Crippen molar-refractivity contribution in [2.24, 2.45) is 0 Å². The van der Waals surface area contributed by atoms with Gasteiger partial charge in [0.1, 0.15) is 5.60 Å². The molecule has 24 heavy (non-hydrogen) atoms. The van der Waals surface area contributed by atoms with Gasteiger partial charge in [-0.05, 0) is 50.3 Å². The van der Waals surface area contributed by atoms with Gasteiger partial charge >= 0.3 is 6.09 Å². The Labute approximate surface area is 145 Å². The quantitative estimate of drug-likeness (QED) is 0.819. The Hall–Kier alpha value is -1.76. The third kappa shape index (κ3) is 7.68. The maximum absolute atomic E-state index is 11.7. The van der Waals surface area contributed by atoms with Crippen LogP contribution in [0.5, 0.6) is 0 Å². The highest BCUT2D eigenvalue weighted by Gasteiger charge is 2.16. The predicted octanol–water partition coefficient (Wildman–Crippen LogP) is 3.25. The molecular weight excluding hydrogens is 328 g/mol. The molecule has 136 valence electrons. The largest absolute Gasteiger partial charge is 0.444 e. The van der Waals surface area contributed by atoms with Gasteiger partial charge in [-0.15, -0.1) is 0 Å². The van der Waals surface area contributed by atoms with Gasteiger partial charge in [0.15, 0.2) is 0 Å². The number of sulfonamides is 1. The number of carbonyl (C=O) groups is 1. The van der Waals surface area contributed by atoms with E-state index in [4.69, 9.17) is 4.74 Å². The molecule has 1 aromatic rings. The van der Waals surface area contributed by atoms with Crippen LogP contribution in [-0.2, 0) is 21.2 Å². The van der Waals surface area contributed by atoms with E-state index in [2.05, 4.69) is 10.0 Å². The number of carbonyl (C=O) groups excluding carboxylic acids is 1. The molecule has 2 N–H and O–H groups in total. The lowest BCUT2D eigenvalue weighted by Gasteiger charge is -2.20. The zero-order valence-electron chi connectivity index (χ0n) is 15.3. The van der Waals surface area contributed by atoms with Crippen molar-refractivity contribution < 1.29 is 17.9 Å². The summed E-state index contributed by atoms with van der Waals surface area (Å²) in [4.78, 5) is 11.7. The van der Waals surface area contributed by atoms with E-state index in [0.717, 1.165) is 17.4 Å². The molecule has 0 atom stereocenters. The number of benzene rings is 1. The summed E-state index contributed by atoms with van der Waals surface area (Å²) >= 11 is 0. The highest BCUT2D eigenvalue weighted by molar-refractivity contribution is 7.92. The fourth-order valence-electron chi connectivity index (χ4n) is 2.08. The van der Waals surface area contributed by atoms with Gasteiger partial charge in [-0.25, -0.2) is 13.2 Å². The van der Waals surface area contributed by atoms with E-state index in [1.807, 2.05) is 32.0 Å². The van der Waals surface area contributed by atoms with Gasteiger partial charge in [0.25, 0.3) is 0 Å². The van der Waals surface area contributed by atoms with Crippen LogP contribution in [0.3, 0.4) is 0 Å². The zero-order valence-corrected chi connectivity index (χ0v) is 16.1. The first-order chi connectivity index (χ1) is 10.9. The second kappa shape index (κ2) is 7.88. The topological polar surface area (TPSA) is 84.5 Å². The second-order valence-electron chi connectivity index (χ2n) is 7.12. The van der Waals surface area contributed by atoms with E-state index in [9.17, 15) is 13.2 Å². The van der Waals surface area contributed by atoms with E-state index in [1.54, 1.807) is 20.8 Å². The lowest BCUT2D eigenvalue weighted by molar-refractivity contribution is 0.0528. The molecule has 0 aliphatic carbocycles. The lowest BCUT2D eigenvalue weighted by atomic mass is 9.99. The van der Waals surface area contributed by atoms with Crippen molar-refractivity contribution >= 4 is 21.8 Å². The Bertz CT molecular complexity index is 676. The van der Waals surface area contributed by atoms with Crippen LogP contribution in [0.4, 0.5) is 10.5 Å². The van der Waals surface area contributed by atoms with Crippen molar-refractivity contribution in [3.8, 4) is 0 Å². The highest BCUT2D eigenvalue weighted by Crippen LogP contribution is 2.24. The van der Waals surface area contributed by atoms with Gasteiger partial charge in [-0.3, -0.25) is 4.72 Å². The second-order valence-corrected chi connectivity index (χ2v) is 8.87. The van der Waals surface area contributed by atoms with Gasteiger partial charge in [0.05, 0.1) is 11.9 Å². The minimum Gasteiger partial charge on any atom is -0.444 e. The summed E-state index contributed by atoms with van der Waals surface area (Å²) in [5, 5.41) is 2.68. The third-order valence-electron chi connectivity index (χ3n) is 3.16. The SMILES string of the molecule is CC(C)c1ccc(CCNC(=O)OC(C)(C)C)c(NS(C)(=O)=O)c1. The average molecular weight is 356 g/mol. The normalized spacial score (nSPS) is 12.1. The Kier molecular flexibility index (Phi) is 6.66. The minimum absolute atomic E-state index is 0.291. The van der Waals surface area contributed by atoms with Crippen molar-refractivity contribution in [2.45, 2.75) is 52.6 Å². The number of ether oxygens (including phenoxy) is 1. The number of amides is 1. The molecule has 0 unspecified atom stereocenters. The van der Waals surface area contributed by atoms with Crippen LogP contribution in [0, 0.1) is 0 Å². The number of hydrogen-bond donors (Lipinski definition) is 2. The van der Waals surface area contributed by atoms with Crippen molar-refractivity contribution in [1.82, 2.24) is 5.32 Å². The van der Waals surface area contributed by atoms with E-state index in [0.29, 0.717) is 24.6 Å². The van der Waals surface area contributed by atoms with Gasteiger partial charge in [-0.1, -0.05) is 26.0 Å². The number of hydrogen-bond acceptors (Lipinski definition) is 4. The molecule has 6 nitrogen and oxygen atoms in total. The van der Waals surface area contributed by atoms with Crippen LogP contribution < -0.4 is 10.0 Å². The molecule has 0 aliphatic heterocycles.